The molecule has 1 saturated heterocycles. The average Bonchev–Trinajstić information content (AvgIpc) is 2.71. The summed E-state index contributed by atoms with van der Waals surface area (Å²) in [5.41, 5.74) is 1.60. The molecule has 0 amide bonds. The Balaban J connectivity index is 2.21. The van der Waals surface area contributed by atoms with Gasteiger partial charge in [-0.15, -0.1) is 0 Å². The summed E-state index contributed by atoms with van der Waals surface area (Å²) in [4.78, 5) is 11.4. The van der Waals surface area contributed by atoms with Gasteiger partial charge in [0.15, 0.2) is 0 Å². The molecule has 1 aliphatic heterocycles. The third kappa shape index (κ3) is 1.96. The predicted molar refractivity (Wildman–Crippen MR) is 58.3 cm³/mol. The molecule has 1 N–H and O–H groups in total. The third-order valence-corrected chi connectivity index (χ3v) is 2.83. The molecule has 1 aromatic rings. The van der Waals surface area contributed by atoms with E-state index in [1.54, 1.807) is 6.07 Å². The van der Waals surface area contributed by atoms with Gasteiger partial charge in [-0.1, -0.05) is 0 Å². The fourth-order valence-electron chi connectivity index (χ4n) is 1.94. The van der Waals surface area contributed by atoms with Crippen molar-refractivity contribution in [3.8, 4) is 0 Å². The number of aromatic nitrogens is 1. The second-order valence-corrected chi connectivity index (χ2v) is 3.78. The minimum absolute atomic E-state index is 0.150. The molecule has 1 aliphatic rings. The lowest BCUT2D eigenvalue weighted by molar-refractivity contribution is 0.0585. The number of hydrogen-bond acceptors (Lipinski definition) is 4. The van der Waals surface area contributed by atoms with E-state index in [1.807, 2.05) is 17.7 Å². The van der Waals surface area contributed by atoms with Crippen LogP contribution in [0.2, 0.25) is 0 Å². The third-order valence-electron chi connectivity index (χ3n) is 2.83. The predicted octanol–water partition coefficient (Wildman–Crippen LogP) is 0.473. The van der Waals surface area contributed by atoms with Gasteiger partial charge < -0.3 is 19.4 Å². The number of ether oxygens (including phenoxy) is 2. The van der Waals surface area contributed by atoms with E-state index < -0.39 is 0 Å². The Bertz CT molecular complexity index is 381. The highest BCUT2D eigenvalue weighted by molar-refractivity contribution is 5.87. The number of methoxy groups -OCH3 is 1. The van der Waals surface area contributed by atoms with Crippen LogP contribution >= 0.6 is 0 Å². The van der Waals surface area contributed by atoms with Gasteiger partial charge in [-0.2, -0.15) is 0 Å². The van der Waals surface area contributed by atoms with E-state index in [4.69, 9.17) is 9.47 Å². The molecule has 0 aromatic carbocycles. The molecule has 2 heterocycles. The smallest absolute Gasteiger partial charge is 0.354 e. The van der Waals surface area contributed by atoms with Crippen LogP contribution in [0.3, 0.4) is 0 Å². The number of esters is 1. The highest BCUT2D eigenvalue weighted by atomic mass is 16.5. The van der Waals surface area contributed by atoms with Crippen molar-refractivity contribution in [1.82, 2.24) is 9.88 Å². The van der Waals surface area contributed by atoms with Crippen LogP contribution in [0.5, 0.6) is 0 Å². The fourth-order valence-corrected chi connectivity index (χ4v) is 1.94. The van der Waals surface area contributed by atoms with Gasteiger partial charge in [0, 0.05) is 19.3 Å². The summed E-state index contributed by atoms with van der Waals surface area (Å²) in [6.45, 7) is 2.21. The molecular weight excluding hydrogens is 208 g/mol. The molecule has 1 aromatic heterocycles. The maximum absolute atomic E-state index is 11.4. The van der Waals surface area contributed by atoms with Crippen LogP contribution in [-0.2, 0) is 16.5 Å². The minimum Gasteiger partial charge on any atom is -0.464 e. The molecule has 1 fully saturated rings. The summed E-state index contributed by atoms with van der Waals surface area (Å²) in [5.74, 6) is -0.314. The van der Waals surface area contributed by atoms with Crippen LogP contribution < -0.4 is 5.32 Å². The molecule has 1 atom stereocenters. The first-order chi connectivity index (χ1) is 7.74. The number of nitrogens with one attached hydrogen (secondary N) is 1. The molecule has 0 aliphatic carbocycles. The number of carbonyl (C=O) groups excluding carboxylic acids is 1. The quantitative estimate of drug-likeness (QED) is 0.742. The van der Waals surface area contributed by atoms with E-state index >= 15 is 0 Å². The number of morpholine rings is 1. The van der Waals surface area contributed by atoms with Crippen molar-refractivity contribution in [3.05, 3.63) is 23.5 Å². The maximum Gasteiger partial charge on any atom is 0.354 e. The van der Waals surface area contributed by atoms with Crippen molar-refractivity contribution in [1.29, 1.82) is 0 Å². The topological polar surface area (TPSA) is 52.5 Å². The molecule has 0 spiro atoms. The van der Waals surface area contributed by atoms with E-state index in [0.29, 0.717) is 12.3 Å². The number of hydrogen-bond donors (Lipinski definition) is 1. The zero-order valence-electron chi connectivity index (χ0n) is 9.53. The van der Waals surface area contributed by atoms with Gasteiger partial charge in [-0.05, 0) is 12.1 Å². The zero-order chi connectivity index (χ0) is 11.5. The van der Waals surface area contributed by atoms with Crippen LogP contribution in [0, 0.1) is 0 Å². The normalized spacial score (nSPS) is 20.8. The zero-order valence-corrected chi connectivity index (χ0v) is 9.53. The first kappa shape index (κ1) is 11.2. The summed E-state index contributed by atoms with van der Waals surface area (Å²) in [6.07, 6.45) is 0. The lowest BCUT2D eigenvalue weighted by atomic mass is 10.2. The van der Waals surface area contributed by atoms with Gasteiger partial charge in [0.2, 0.25) is 0 Å². The Morgan fingerprint density at radius 1 is 1.62 bits per heavy atom. The first-order valence-electron chi connectivity index (χ1n) is 5.29. The van der Waals surface area contributed by atoms with Gasteiger partial charge in [-0.25, -0.2) is 4.79 Å². The van der Waals surface area contributed by atoms with Crippen molar-refractivity contribution < 1.29 is 14.3 Å². The molecule has 5 nitrogen and oxygen atoms in total. The fraction of sp³-hybridized carbons (Fsp3) is 0.545. The van der Waals surface area contributed by atoms with Crippen molar-refractivity contribution in [2.24, 2.45) is 7.05 Å². The highest BCUT2D eigenvalue weighted by Crippen LogP contribution is 2.18. The summed E-state index contributed by atoms with van der Waals surface area (Å²) in [7, 11) is 3.24. The van der Waals surface area contributed by atoms with Crippen molar-refractivity contribution in [2.75, 3.05) is 26.9 Å². The maximum atomic E-state index is 11.4. The monoisotopic (exact) mass is 224 g/mol. The molecular formula is C11H16N2O3. The van der Waals surface area contributed by atoms with Crippen LogP contribution in [-0.4, -0.2) is 37.4 Å². The number of rotatable bonds is 2. The first-order valence-corrected chi connectivity index (χ1v) is 5.29. The molecule has 5 heteroatoms. The summed E-state index contributed by atoms with van der Waals surface area (Å²) in [5, 5.41) is 3.35. The summed E-state index contributed by atoms with van der Waals surface area (Å²) < 4.78 is 11.9. The molecule has 2 rings (SSSR count). The standard InChI is InChI=1S/C11H16N2O3/c1-13-9(8-7-16-6-5-12-8)3-4-10(13)11(14)15-2/h3-4,8,12H,5-7H2,1-2H3. The molecule has 0 radical (unpaired) electrons. The Morgan fingerprint density at radius 3 is 3.06 bits per heavy atom. The second kappa shape index (κ2) is 4.67. The second-order valence-electron chi connectivity index (χ2n) is 3.78. The average molecular weight is 224 g/mol. The van der Waals surface area contributed by atoms with Gasteiger partial charge in [-0.3, -0.25) is 0 Å². The Labute approximate surface area is 94.3 Å². The van der Waals surface area contributed by atoms with Crippen LogP contribution in [0.1, 0.15) is 22.2 Å². The summed E-state index contributed by atoms with van der Waals surface area (Å²) in [6, 6.07) is 3.85. The van der Waals surface area contributed by atoms with Gasteiger partial charge in [0.25, 0.3) is 0 Å². The van der Waals surface area contributed by atoms with Gasteiger partial charge >= 0.3 is 5.97 Å². The SMILES string of the molecule is COC(=O)c1ccc(C2COCCN2)n1C. The highest BCUT2D eigenvalue weighted by Gasteiger charge is 2.21. The molecule has 0 saturated carbocycles. The van der Waals surface area contributed by atoms with E-state index in [1.165, 1.54) is 7.11 Å². The van der Waals surface area contributed by atoms with E-state index in [9.17, 15) is 4.79 Å². The van der Waals surface area contributed by atoms with E-state index in [-0.39, 0.29) is 12.0 Å². The molecule has 16 heavy (non-hydrogen) atoms. The largest absolute Gasteiger partial charge is 0.464 e. The van der Waals surface area contributed by atoms with Gasteiger partial charge in [0.1, 0.15) is 5.69 Å². The van der Waals surface area contributed by atoms with Crippen LogP contribution in [0.25, 0.3) is 0 Å². The lowest BCUT2D eigenvalue weighted by Gasteiger charge is -2.24. The Morgan fingerprint density at radius 2 is 2.44 bits per heavy atom. The molecule has 0 bridgehead atoms. The lowest BCUT2D eigenvalue weighted by Crippen LogP contribution is -2.35. The number of carbonyl (C=O) groups is 1. The number of nitrogens with zero attached hydrogens (tertiary/aromatic N) is 1. The van der Waals surface area contributed by atoms with Crippen LogP contribution in [0.4, 0.5) is 0 Å². The minimum atomic E-state index is -0.314. The molecule has 1 unspecified atom stereocenters. The summed E-state index contributed by atoms with van der Waals surface area (Å²) >= 11 is 0. The van der Waals surface area contributed by atoms with Crippen molar-refractivity contribution in [3.63, 3.8) is 0 Å². The molecule has 88 valence electrons. The van der Waals surface area contributed by atoms with E-state index in [0.717, 1.165) is 18.8 Å². The van der Waals surface area contributed by atoms with Crippen molar-refractivity contribution >= 4 is 5.97 Å². The van der Waals surface area contributed by atoms with E-state index in [2.05, 4.69) is 5.32 Å². The Kier molecular flexibility index (Phi) is 3.26. The van der Waals surface area contributed by atoms with Crippen molar-refractivity contribution in [2.45, 2.75) is 6.04 Å². The Hall–Kier alpha value is -1.33. The van der Waals surface area contributed by atoms with Gasteiger partial charge in [0.05, 0.1) is 26.4 Å². The van der Waals surface area contributed by atoms with Crippen LogP contribution in [0.15, 0.2) is 12.1 Å².